The van der Waals surface area contributed by atoms with E-state index in [0.29, 0.717) is 5.82 Å². The summed E-state index contributed by atoms with van der Waals surface area (Å²) in [5.41, 5.74) is 0. The van der Waals surface area contributed by atoms with Crippen molar-refractivity contribution in [1.82, 2.24) is 9.78 Å². The minimum atomic E-state index is -0.410. The van der Waals surface area contributed by atoms with Gasteiger partial charge in [-0.15, -0.1) is 0 Å². The Labute approximate surface area is 59.1 Å². The van der Waals surface area contributed by atoms with E-state index in [9.17, 15) is 4.39 Å². The number of anilines is 1. The zero-order valence-corrected chi connectivity index (χ0v) is 6.22. The molecule has 0 aliphatic rings. The molecule has 0 amide bonds. The first-order valence-corrected chi connectivity index (χ1v) is 2.90. The maximum absolute atomic E-state index is 12.7. The molecule has 0 aliphatic carbocycles. The maximum Gasteiger partial charge on any atom is 0.195 e. The molecule has 0 spiro atoms. The van der Waals surface area contributed by atoms with E-state index in [-0.39, 0.29) is 0 Å². The van der Waals surface area contributed by atoms with Crippen molar-refractivity contribution >= 4 is 5.82 Å². The fourth-order valence-electron chi connectivity index (χ4n) is 0.844. The van der Waals surface area contributed by atoms with Crippen LogP contribution in [0.4, 0.5) is 10.2 Å². The molecule has 4 heteroatoms. The summed E-state index contributed by atoms with van der Waals surface area (Å²) in [6.45, 7) is 0. The third-order valence-corrected chi connectivity index (χ3v) is 1.22. The second kappa shape index (κ2) is 2.28. The molecule has 0 unspecified atom stereocenters. The van der Waals surface area contributed by atoms with Gasteiger partial charge in [-0.05, 0) is 0 Å². The van der Waals surface area contributed by atoms with Crippen LogP contribution in [0.25, 0.3) is 0 Å². The monoisotopic (exact) mass is 142 g/mol. The molecule has 10 heavy (non-hydrogen) atoms. The number of hydrogen-bond donors (Lipinski definition) is 0. The molecule has 0 aromatic carbocycles. The Bertz CT molecular complexity index is 209. The van der Waals surface area contributed by atoms with E-state index in [4.69, 9.17) is 0 Å². The van der Waals surface area contributed by atoms with Crippen molar-refractivity contribution in [2.24, 2.45) is 7.05 Å². The van der Waals surface area contributed by atoms with Crippen LogP contribution in [0, 0.1) is 12.0 Å². The molecule has 0 fully saturated rings. The Balaban J connectivity index is 3.10. The van der Waals surface area contributed by atoms with Gasteiger partial charge in [0.1, 0.15) is 0 Å². The summed E-state index contributed by atoms with van der Waals surface area (Å²) in [7, 11) is 5.19. The van der Waals surface area contributed by atoms with E-state index in [2.05, 4.69) is 11.3 Å². The lowest BCUT2D eigenvalue weighted by atomic mass is 10.5. The predicted octanol–water partition coefficient (Wildman–Crippen LogP) is 0.425. The highest BCUT2D eigenvalue weighted by atomic mass is 19.1. The summed E-state index contributed by atoms with van der Waals surface area (Å²) in [4.78, 5) is 1.65. The van der Waals surface area contributed by atoms with Gasteiger partial charge in [0.15, 0.2) is 17.8 Å². The predicted molar refractivity (Wildman–Crippen MR) is 36.3 cm³/mol. The number of hydrogen-bond acceptors (Lipinski definition) is 2. The summed E-state index contributed by atoms with van der Waals surface area (Å²) in [6.07, 6.45) is 2.22. The average Bonchev–Trinajstić information content (AvgIpc) is 2.11. The van der Waals surface area contributed by atoms with Crippen LogP contribution < -0.4 is 4.90 Å². The van der Waals surface area contributed by atoms with E-state index in [0.717, 1.165) is 0 Å². The number of aryl methyl sites for hydroxylation is 1. The Kier molecular flexibility index (Phi) is 1.61. The van der Waals surface area contributed by atoms with Crippen LogP contribution in [-0.4, -0.2) is 23.9 Å². The third-order valence-electron chi connectivity index (χ3n) is 1.22. The molecule has 1 radical (unpaired) electrons. The highest BCUT2D eigenvalue weighted by Gasteiger charge is 2.08. The van der Waals surface area contributed by atoms with Crippen LogP contribution in [0.1, 0.15) is 0 Å². The van der Waals surface area contributed by atoms with Gasteiger partial charge in [0.25, 0.3) is 0 Å². The standard InChI is InChI=1S/C6H9FN3/c1-9(2)6-5(7)4-8-10(6)3/h1-3H3. The highest BCUT2D eigenvalue weighted by Crippen LogP contribution is 2.12. The second-order valence-corrected chi connectivity index (χ2v) is 2.27. The number of rotatable bonds is 1. The van der Waals surface area contributed by atoms with Gasteiger partial charge in [-0.1, -0.05) is 0 Å². The fourth-order valence-corrected chi connectivity index (χ4v) is 0.844. The third kappa shape index (κ3) is 0.964. The first-order chi connectivity index (χ1) is 4.63. The van der Waals surface area contributed by atoms with Crippen molar-refractivity contribution in [3.05, 3.63) is 12.0 Å². The summed E-state index contributed by atoms with van der Waals surface area (Å²) in [5, 5.41) is 3.61. The van der Waals surface area contributed by atoms with Crippen molar-refractivity contribution in [2.45, 2.75) is 0 Å². The normalized spacial score (nSPS) is 10.0. The largest absolute Gasteiger partial charge is 0.360 e. The molecule has 1 heterocycles. The fraction of sp³-hybridized carbons (Fsp3) is 0.500. The molecule has 55 valence electrons. The van der Waals surface area contributed by atoms with Crippen molar-refractivity contribution in [3.63, 3.8) is 0 Å². The van der Waals surface area contributed by atoms with E-state index in [1.54, 1.807) is 26.0 Å². The molecule has 0 saturated carbocycles. The smallest absolute Gasteiger partial charge is 0.195 e. The Hall–Kier alpha value is -1.06. The second-order valence-electron chi connectivity index (χ2n) is 2.27. The zero-order chi connectivity index (χ0) is 7.72. The summed E-state index contributed by atoms with van der Waals surface area (Å²) >= 11 is 0. The lowest BCUT2D eigenvalue weighted by molar-refractivity contribution is 0.621. The van der Waals surface area contributed by atoms with Crippen LogP contribution in [0.3, 0.4) is 0 Å². The van der Waals surface area contributed by atoms with E-state index in [1.165, 1.54) is 4.68 Å². The maximum atomic E-state index is 12.7. The van der Waals surface area contributed by atoms with Crippen LogP contribution in [0.15, 0.2) is 0 Å². The minimum Gasteiger partial charge on any atom is -0.360 e. The highest BCUT2D eigenvalue weighted by molar-refractivity contribution is 5.36. The molecule has 0 atom stereocenters. The quantitative estimate of drug-likeness (QED) is 0.566. The number of nitrogens with zero attached hydrogens (tertiary/aromatic N) is 3. The average molecular weight is 142 g/mol. The zero-order valence-electron chi connectivity index (χ0n) is 6.22. The van der Waals surface area contributed by atoms with Gasteiger partial charge in [0.05, 0.1) is 0 Å². The molecule has 3 nitrogen and oxygen atoms in total. The van der Waals surface area contributed by atoms with Crippen LogP contribution in [0.5, 0.6) is 0 Å². The van der Waals surface area contributed by atoms with Crippen molar-refractivity contribution in [1.29, 1.82) is 0 Å². The van der Waals surface area contributed by atoms with Gasteiger partial charge in [0.2, 0.25) is 0 Å². The molecule has 1 aromatic rings. The first-order valence-electron chi connectivity index (χ1n) is 2.90. The molecule has 0 bridgehead atoms. The van der Waals surface area contributed by atoms with Gasteiger partial charge in [-0.3, -0.25) is 0 Å². The molecule has 0 saturated heterocycles. The van der Waals surface area contributed by atoms with Crippen LogP contribution in [-0.2, 0) is 7.05 Å². The van der Waals surface area contributed by atoms with E-state index < -0.39 is 5.82 Å². The Morgan fingerprint density at radius 3 is 2.40 bits per heavy atom. The summed E-state index contributed by atoms with van der Waals surface area (Å²) < 4.78 is 14.1. The van der Waals surface area contributed by atoms with Gasteiger partial charge < -0.3 is 4.90 Å². The van der Waals surface area contributed by atoms with Crippen LogP contribution >= 0.6 is 0 Å². The van der Waals surface area contributed by atoms with Gasteiger partial charge in [-0.25, -0.2) is 9.07 Å². The molecular weight excluding hydrogens is 133 g/mol. The molecule has 1 aromatic heterocycles. The lowest BCUT2D eigenvalue weighted by Gasteiger charge is -2.11. The van der Waals surface area contributed by atoms with Crippen molar-refractivity contribution in [2.75, 3.05) is 19.0 Å². The first kappa shape index (κ1) is 7.05. The summed E-state index contributed by atoms with van der Waals surface area (Å²) in [6, 6.07) is 0. The summed E-state index contributed by atoms with van der Waals surface area (Å²) in [5.74, 6) is 0.0347. The number of halogens is 1. The van der Waals surface area contributed by atoms with E-state index >= 15 is 0 Å². The van der Waals surface area contributed by atoms with Gasteiger partial charge >= 0.3 is 0 Å². The molecule has 1 rings (SSSR count). The molecule has 0 aliphatic heterocycles. The minimum absolute atomic E-state index is 0.410. The van der Waals surface area contributed by atoms with Crippen molar-refractivity contribution in [3.8, 4) is 0 Å². The molecular formula is C6H9FN3. The Morgan fingerprint density at radius 1 is 1.60 bits per heavy atom. The Morgan fingerprint density at radius 2 is 2.20 bits per heavy atom. The topological polar surface area (TPSA) is 21.1 Å². The van der Waals surface area contributed by atoms with Gasteiger partial charge in [0, 0.05) is 21.1 Å². The van der Waals surface area contributed by atoms with Crippen molar-refractivity contribution < 1.29 is 4.39 Å². The van der Waals surface area contributed by atoms with E-state index in [1.807, 2.05) is 0 Å². The SMILES string of the molecule is CN(C)c1c(F)[c]nn1C. The number of aromatic nitrogens is 2. The molecule has 0 N–H and O–H groups in total. The van der Waals surface area contributed by atoms with Crippen LogP contribution in [0.2, 0.25) is 0 Å². The van der Waals surface area contributed by atoms with Gasteiger partial charge in [-0.2, -0.15) is 5.10 Å². The lowest BCUT2D eigenvalue weighted by Crippen LogP contribution is -2.14.